The summed E-state index contributed by atoms with van der Waals surface area (Å²) in [5.74, 6) is 5.06. The zero-order chi connectivity index (χ0) is 41.1. The highest BCUT2D eigenvalue weighted by molar-refractivity contribution is 5.55. The van der Waals surface area contributed by atoms with E-state index in [1.807, 2.05) is 24.3 Å². The van der Waals surface area contributed by atoms with Crippen molar-refractivity contribution in [1.29, 1.82) is 0 Å². The zero-order valence-corrected chi connectivity index (χ0v) is 37.0. The molecule has 0 bridgehead atoms. The molecule has 0 radical (unpaired) electrons. The van der Waals surface area contributed by atoms with Crippen LogP contribution >= 0.6 is 0 Å². The third-order valence-electron chi connectivity index (χ3n) is 9.98. The fourth-order valence-corrected chi connectivity index (χ4v) is 6.54. The molecular weight excluding hydrogens is 737 g/mol. The Hall–Kier alpha value is -3.24. The van der Waals surface area contributed by atoms with Crippen LogP contribution in [0.4, 0.5) is 0 Å². The van der Waals surface area contributed by atoms with Gasteiger partial charge in [0.05, 0.1) is 52.9 Å². The molecule has 10 nitrogen and oxygen atoms in total. The quantitative estimate of drug-likeness (QED) is 0.0773. The number of ether oxygens (including phenoxy) is 10. The lowest BCUT2D eigenvalue weighted by atomic mass is 10.2. The van der Waals surface area contributed by atoms with Gasteiger partial charge >= 0.3 is 0 Å². The van der Waals surface area contributed by atoms with E-state index in [1.165, 1.54) is 77.0 Å². The Bertz CT molecular complexity index is 1100. The van der Waals surface area contributed by atoms with Crippen LogP contribution in [0.25, 0.3) is 0 Å². The molecule has 58 heavy (non-hydrogen) atoms. The van der Waals surface area contributed by atoms with Crippen molar-refractivity contribution in [3.8, 4) is 46.0 Å². The van der Waals surface area contributed by atoms with Gasteiger partial charge in [0.2, 0.25) is 0 Å². The van der Waals surface area contributed by atoms with Crippen molar-refractivity contribution in [3.05, 3.63) is 24.3 Å². The van der Waals surface area contributed by atoms with Crippen LogP contribution < -0.4 is 37.9 Å². The van der Waals surface area contributed by atoms with Gasteiger partial charge in [0, 0.05) is 24.3 Å². The van der Waals surface area contributed by atoms with Crippen molar-refractivity contribution in [2.24, 2.45) is 0 Å². The van der Waals surface area contributed by atoms with Crippen molar-refractivity contribution >= 4 is 0 Å². The third kappa shape index (κ3) is 21.7. The molecule has 3 rings (SSSR count). The molecule has 2 aromatic carbocycles. The average molecular weight is 817 g/mol. The summed E-state index contributed by atoms with van der Waals surface area (Å²) in [7, 11) is 0. The highest BCUT2D eigenvalue weighted by atomic mass is 16.6. The van der Waals surface area contributed by atoms with E-state index in [0.29, 0.717) is 125 Å². The SMILES string of the molecule is CCCCCCCOc1cc2c(cc1OCCCCCCC)OCCOCCOc1cc(OCCCCCCC)c(OCCCCCCC)cc1OCCOCCO2. The first-order valence-corrected chi connectivity index (χ1v) is 23.2. The van der Waals surface area contributed by atoms with Crippen molar-refractivity contribution in [2.75, 3.05) is 79.3 Å². The Kier molecular flexibility index (Phi) is 28.4. The summed E-state index contributed by atoms with van der Waals surface area (Å²) in [5.41, 5.74) is 0. The van der Waals surface area contributed by atoms with Gasteiger partial charge in [0.25, 0.3) is 0 Å². The second kappa shape index (κ2) is 33.6. The average Bonchev–Trinajstić information content (AvgIpc) is 3.23. The van der Waals surface area contributed by atoms with Crippen LogP contribution in [-0.2, 0) is 9.47 Å². The Labute approximate surface area is 352 Å². The maximum absolute atomic E-state index is 6.30. The number of rotatable bonds is 28. The minimum Gasteiger partial charge on any atom is -0.490 e. The second-order valence-corrected chi connectivity index (χ2v) is 15.2. The lowest BCUT2D eigenvalue weighted by Crippen LogP contribution is -2.16. The van der Waals surface area contributed by atoms with E-state index in [0.717, 1.165) is 51.4 Å². The zero-order valence-electron chi connectivity index (χ0n) is 37.0. The van der Waals surface area contributed by atoms with Crippen molar-refractivity contribution in [1.82, 2.24) is 0 Å². The summed E-state index contributed by atoms with van der Waals surface area (Å²) in [4.78, 5) is 0. The Morgan fingerprint density at radius 3 is 0.759 bits per heavy atom. The van der Waals surface area contributed by atoms with Crippen LogP contribution in [0.15, 0.2) is 24.3 Å². The Balaban J connectivity index is 1.68. The first kappa shape index (κ1) is 49.1. The van der Waals surface area contributed by atoms with Crippen LogP contribution in [0.5, 0.6) is 46.0 Å². The summed E-state index contributed by atoms with van der Waals surface area (Å²) in [6.07, 6.45) is 23.3. The molecule has 0 N–H and O–H groups in total. The Morgan fingerprint density at radius 1 is 0.310 bits per heavy atom. The molecule has 0 fully saturated rings. The fraction of sp³-hybridized carbons (Fsp3) is 0.750. The molecule has 0 amide bonds. The van der Waals surface area contributed by atoms with E-state index < -0.39 is 0 Å². The fourth-order valence-electron chi connectivity index (χ4n) is 6.54. The molecule has 0 saturated carbocycles. The molecule has 0 saturated heterocycles. The first-order chi connectivity index (χ1) is 28.7. The van der Waals surface area contributed by atoms with Gasteiger partial charge in [0.1, 0.15) is 26.4 Å². The summed E-state index contributed by atoms with van der Waals surface area (Å²) in [6, 6.07) is 7.60. The topological polar surface area (TPSA) is 92.3 Å². The molecule has 0 unspecified atom stereocenters. The van der Waals surface area contributed by atoms with Crippen molar-refractivity contribution < 1.29 is 47.4 Å². The standard InChI is InChI=1S/C48H80O10/c1-5-9-13-17-21-25-51-41-37-45-46(38-42(41)52-26-22-18-14-10-6-2)56-34-30-50-32-36-58-48-40-44(54-28-24-20-16-12-8-4)43(53-27-23-19-15-11-7-3)39-47(48)57-35-31-49-29-33-55-45/h37-40H,5-36H2,1-4H3. The summed E-state index contributed by atoms with van der Waals surface area (Å²) >= 11 is 0. The highest BCUT2D eigenvalue weighted by Crippen LogP contribution is 2.42. The van der Waals surface area contributed by atoms with Crippen LogP contribution in [0.2, 0.25) is 0 Å². The van der Waals surface area contributed by atoms with Gasteiger partial charge in [-0.3, -0.25) is 0 Å². The molecule has 0 spiro atoms. The van der Waals surface area contributed by atoms with Gasteiger partial charge in [-0.25, -0.2) is 0 Å². The molecule has 1 aliphatic heterocycles. The summed E-state index contributed by atoms with van der Waals surface area (Å²) in [6.45, 7) is 14.2. The van der Waals surface area contributed by atoms with E-state index in [4.69, 9.17) is 47.4 Å². The number of fused-ring (bicyclic) bond motifs is 2. The van der Waals surface area contributed by atoms with Crippen LogP contribution in [0, 0.1) is 0 Å². The highest BCUT2D eigenvalue weighted by Gasteiger charge is 2.18. The molecule has 10 heteroatoms. The van der Waals surface area contributed by atoms with Gasteiger partial charge in [-0.1, -0.05) is 130 Å². The molecule has 332 valence electrons. The van der Waals surface area contributed by atoms with Gasteiger partial charge in [-0.2, -0.15) is 0 Å². The van der Waals surface area contributed by atoms with E-state index in [9.17, 15) is 0 Å². The normalized spacial score (nSPS) is 14.0. The number of unbranched alkanes of at least 4 members (excludes halogenated alkanes) is 16. The molecule has 2 aromatic rings. The molecule has 0 aliphatic carbocycles. The third-order valence-corrected chi connectivity index (χ3v) is 9.98. The maximum atomic E-state index is 6.30. The van der Waals surface area contributed by atoms with Crippen LogP contribution in [-0.4, -0.2) is 79.3 Å². The molecule has 0 atom stereocenters. The lowest BCUT2D eigenvalue weighted by Gasteiger charge is -2.20. The Morgan fingerprint density at radius 2 is 0.534 bits per heavy atom. The van der Waals surface area contributed by atoms with E-state index in [-0.39, 0.29) is 0 Å². The molecule has 1 heterocycles. The largest absolute Gasteiger partial charge is 0.490 e. The van der Waals surface area contributed by atoms with E-state index in [2.05, 4.69) is 27.7 Å². The van der Waals surface area contributed by atoms with Gasteiger partial charge in [-0.15, -0.1) is 0 Å². The molecular formula is C48H80O10. The van der Waals surface area contributed by atoms with Crippen LogP contribution in [0.1, 0.15) is 156 Å². The minimum absolute atomic E-state index is 0.329. The predicted molar refractivity (Wildman–Crippen MR) is 234 cm³/mol. The van der Waals surface area contributed by atoms with E-state index in [1.54, 1.807) is 0 Å². The summed E-state index contributed by atoms with van der Waals surface area (Å²) < 4.78 is 62.2. The number of hydrogen-bond donors (Lipinski definition) is 0. The first-order valence-electron chi connectivity index (χ1n) is 23.2. The van der Waals surface area contributed by atoms with Crippen LogP contribution in [0.3, 0.4) is 0 Å². The lowest BCUT2D eigenvalue weighted by molar-refractivity contribution is 0.0636. The number of hydrogen-bond acceptors (Lipinski definition) is 10. The number of benzene rings is 2. The van der Waals surface area contributed by atoms with Gasteiger partial charge in [-0.05, 0) is 25.7 Å². The van der Waals surface area contributed by atoms with Gasteiger partial charge in [0.15, 0.2) is 46.0 Å². The van der Waals surface area contributed by atoms with Crippen molar-refractivity contribution in [2.45, 2.75) is 156 Å². The van der Waals surface area contributed by atoms with Crippen molar-refractivity contribution in [3.63, 3.8) is 0 Å². The predicted octanol–water partition coefficient (Wildman–Crippen LogP) is 12.3. The maximum Gasteiger partial charge on any atom is 0.165 e. The molecule has 0 aromatic heterocycles. The monoisotopic (exact) mass is 817 g/mol. The van der Waals surface area contributed by atoms with Gasteiger partial charge < -0.3 is 47.4 Å². The second-order valence-electron chi connectivity index (χ2n) is 15.2. The smallest absolute Gasteiger partial charge is 0.165 e. The van der Waals surface area contributed by atoms with E-state index >= 15 is 0 Å². The minimum atomic E-state index is 0.329. The summed E-state index contributed by atoms with van der Waals surface area (Å²) in [5, 5.41) is 0. The molecule has 1 aliphatic rings.